The molecule has 0 aliphatic rings. The summed E-state index contributed by atoms with van der Waals surface area (Å²) in [6, 6.07) is 0. The number of hydrogen-bond acceptors (Lipinski definition) is 1. The van der Waals surface area contributed by atoms with Crippen molar-refractivity contribution in [1.82, 2.24) is 4.98 Å². The van der Waals surface area contributed by atoms with Crippen LogP contribution in [0.3, 0.4) is 0 Å². The molecular formula is C6H2BrF4N. The van der Waals surface area contributed by atoms with Gasteiger partial charge in [0.1, 0.15) is 5.69 Å². The summed E-state index contributed by atoms with van der Waals surface area (Å²) in [6.45, 7) is 0. The SMILES string of the molecule is Fc1cnc(C(F)F)c(Br)c1F. The van der Waals surface area contributed by atoms with Gasteiger partial charge in [-0.3, -0.25) is 4.98 Å². The zero-order chi connectivity index (χ0) is 9.30. The van der Waals surface area contributed by atoms with Crippen molar-refractivity contribution < 1.29 is 17.6 Å². The molecule has 0 bridgehead atoms. The van der Waals surface area contributed by atoms with Gasteiger partial charge in [-0.25, -0.2) is 17.6 Å². The van der Waals surface area contributed by atoms with Crippen LogP contribution in [-0.4, -0.2) is 4.98 Å². The van der Waals surface area contributed by atoms with Gasteiger partial charge in [-0.1, -0.05) is 0 Å². The summed E-state index contributed by atoms with van der Waals surface area (Å²) < 4.78 is 48.2. The van der Waals surface area contributed by atoms with Crippen LogP contribution in [0.15, 0.2) is 10.7 Å². The van der Waals surface area contributed by atoms with E-state index in [0.29, 0.717) is 6.20 Å². The highest BCUT2D eigenvalue weighted by atomic mass is 79.9. The fourth-order valence-corrected chi connectivity index (χ4v) is 1.07. The maximum absolute atomic E-state index is 12.6. The Morgan fingerprint density at radius 2 is 1.92 bits per heavy atom. The zero-order valence-corrected chi connectivity index (χ0v) is 7.08. The van der Waals surface area contributed by atoms with E-state index in [4.69, 9.17) is 0 Å². The maximum atomic E-state index is 12.6. The molecule has 0 fully saturated rings. The molecule has 0 spiro atoms. The monoisotopic (exact) mass is 243 g/mol. The average molecular weight is 244 g/mol. The summed E-state index contributed by atoms with van der Waals surface area (Å²) in [6.07, 6.45) is -2.50. The molecule has 0 amide bonds. The van der Waals surface area contributed by atoms with Gasteiger partial charge in [-0.2, -0.15) is 0 Å². The number of aromatic nitrogens is 1. The molecule has 6 heteroatoms. The van der Waals surface area contributed by atoms with Gasteiger partial charge in [0.15, 0.2) is 11.6 Å². The third-order valence-corrected chi connectivity index (χ3v) is 1.91. The highest BCUT2D eigenvalue weighted by molar-refractivity contribution is 9.10. The smallest absolute Gasteiger partial charge is 0.251 e. The van der Waals surface area contributed by atoms with Crippen molar-refractivity contribution in [3.05, 3.63) is 28.0 Å². The van der Waals surface area contributed by atoms with Crippen molar-refractivity contribution >= 4 is 15.9 Å². The van der Waals surface area contributed by atoms with Crippen LogP contribution in [0.2, 0.25) is 0 Å². The molecule has 1 rings (SSSR count). The number of rotatable bonds is 1. The van der Waals surface area contributed by atoms with Crippen molar-refractivity contribution in [1.29, 1.82) is 0 Å². The second kappa shape index (κ2) is 3.38. The number of nitrogens with zero attached hydrogens (tertiary/aromatic N) is 1. The number of halogens is 5. The molecule has 1 aromatic heterocycles. The summed E-state index contributed by atoms with van der Waals surface area (Å²) in [5.74, 6) is -2.61. The fraction of sp³-hybridized carbons (Fsp3) is 0.167. The fourth-order valence-electron chi connectivity index (χ4n) is 0.609. The Morgan fingerprint density at radius 1 is 1.33 bits per heavy atom. The number of pyridine rings is 1. The van der Waals surface area contributed by atoms with Crippen molar-refractivity contribution in [2.24, 2.45) is 0 Å². The molecule has 12 heavy (non-hydrogen) atoms. The standard InChI is InChI=1S/C6H2BrF4N/c7-3-4(9)2(8)1-12-5(3)6(10)11/h1,6H. The summed E-state index contributed by atoms with van der Waals surface area (Å²) in [5.41, 5.74) is -0.797. The largest absolute Gasteiger partial charge is 0.281 e. The summed E-state index contributed by atoms with van der Waals surface area (Å²) in [7, 11) is 0. The van der Waals surface area contributed by atoms with Gasteiger partial charge in [0.25, 0.3) is 6.43 Å². The van der Waals surface area contributed by atoms with Crippen molar-refractivity contribution in [3.63, 3.8) is 0 Å². The highest BCUT2D eigenvalue weighted by Gasteiger charge is 2.19. The summed E-state index contributed by atoms with van der Waals surface area (Å²) in [5, 5.41) is 0. The third-order valence-electron chi connectivity index (χ3n) is 1.15. The Morgan fingerprint density at radius 3 is 2.42 bits per heavy atom. The lowest BCUT2D eigenvalue weighted by Crippen LogP contribution is -1.97. The minimum atomic E-state index is -2.92. The number of hydrogen-bond donors (Lipinski definition) is 0. The molecule has 1 nitrogen and oxygen atoms in total. The van der Waals surface area contributed by atoms with Crippen LogP contribution in [0.1, 0.15) is 12.1 Å². The molecule has 0 radical (unpaired) electrons. The molecule has 0 aliphatic heterocycles. The molecule has 0 unspecified atom stereocenters. The lowest BCUT2D eigenvalue weighted by Gasteiger charge is -2.02. The van der Waals surface area contributed by atoms with E-state index in [2.05, 4.69) is 20.9 Å². The van der Waals surface area contributed by atoms with Crippen LogP contribution in [0.25, 0.3) is 0 Å². The predicted octanol–water partition coefficient (Wildman–Crippen LogP) is 3.06. The van der Waals surface area contributed by atoms with E-state index in [1.165, 1.54) is 0 Å². The first kappa shape index (κ1) is 9.44. The second-order valence-corrected chi connectivity index (χ2v) is 2.71. The first-order valence-electron chi connectivity index (χ1n) is 2.81. The third kappa shape index (κ3) is 1.57. The first-order chi connectivity index (χ1) is 5.54. The molecule has 1 aromatic rings. The van der Waals surface area contributed by atoms with E-state index >= 15 is 0 Å². The highest BCUT2D eigenvalue weighted by Crippen LogP contribution is 2.28. The van der Waals surface area contributed by atoms with Crippen LogP contribution in [0.5, 0.6) is 0 Å². The van der Waals surface area contributed by atoms with Gasteiger partial charge >= 0.3 is 0 Å². The van der Waals surface area contributed by atoms with Gasteiger partial charge < -0.3 is 0 Å². The van der Waals surface area contributed by atoms with Crippen LogP contribution in [0.4, 0.5) is 17.6 Å². The first-order valence-corrected chi connectivity index (χ1v) is 3.61. The Hall–Kier alpha value is -0.650. The van der Waals surface area contributed by atoms with E-state index in [1.54, 1.807) is 0 Å². The quantitative estimate of drug-likeness (QED) is 0.691. The van der Waals surface area contributed by atoms with E-state index in [0.717, 1.165) is 0 Å². The minimum absolute atomic E-state index is 0.418. The topological polar surface area (TPSA) is 12.9 Å². The van der Waals surface area contributed by atoms with E-state index in [1.807, 2.05) is 0 Å². The Balaban J connectivity index is 3.27. The molecule has 0 saturated carbocycles. The second-order valence-electron chi connectivity index (χ2n) is 1.92. The molecule has 1 heterocycles. The molecule has 0 aromatic carbocycles. The van der Waals surface area contributed by atoms with Crippen molar-refractivity contribution in [2.75, 3.05) is 0 Å². The Bertz CT molecular complexity index is 302. The van der Waals surface area contributed by atoms with E-state index in [9.17, 15) is 17.6 Å². The van der Waals surface area contributed by atoms with Gasteiger partial charge in [0, 0.05) is 0 Å². The van der Waals surface area contributed by atoms with Gasteiger partial charge in [0.05, 0.1) is 10.7 Å². The molecular weight excluding hydrogens is 242 g/mol. The predicted molar refractivity (Wildman–Crippen MR) is 36.8 cm³/mol. The van der Waals surface area contributed by atoms with Gasteiger partial charge in [-0.05, 0) is 15.9 Å². The molecule has 66 valence electrons. The summed E-state index contributed by atoms with van der Waals surface area (Å²) in [4.78, 5) is 3.03. The molecule has 0 aliphatic carbocycles. The van der Waals surface area contributed by atoms with Gasteiger partial charge in [0.2, 0.25) is 0 Å². The zero-order valence-electron chi connectivity index (χ0n) is 5.49. The van der Waals surface area contributed by atoms with Crippen LogP contribution in [-0.2, 0) is 0 Å². The Kier molecular flexibility index (Phi) is 2.66. The average Bonchev–Trinajstić information content (AvgIpc) is 2.00. The van der Waals surface area contributed by atoms with Gasteiger partial charge in [-0.15, -0.1) is 0 Å². The molecule has 0 N–H and O–H groups in total. The van der Waals surface area contributed by atoms with Crippen molar-refractivity contribution in [2.45, 2.75) is 6.43 Å². The molecule has 0 atom stereocenters. The van der Waals surface area contributed by atoms with Crippen LogP contribution >= 0.6 is 15.9 Å². The lowest BCUT2D eigenvalue weighted by molar-refractivity contribution is 0.144. The maximum Gasteiger partial charge on any atom is 0.281 e. The Labute approximate surface area is 73.5 Å². The van der Waals surface area contributed by atoms with Crippen LogP contribution < -0.4 is 0 Å². The lowest BCUT2D eigenvalue weighted by atomic mass is 10.3. The minimum Gasteiger partial charge on any atom is -0.251 e. The summed E-state index contributed by atoms with van der Waals surface area (Å²) >= 11 is 2.47. The van der Waals surface area contributed by atoms with E-state index < -0.39 is 28.2 Å². The van der Waals surface area contributed by atoms with E-state index in [-0.39, 0.29) is 0 Å². The number of alkyl halides is 2. The normalized spacial score (nSPS) is 10.8. The molecule has 0 saturated heterocycles. The van der Waals surface area contributed by atoms with Crippen molar-refractivity contribution in [3.8, 4) is 0 Å². The van der Waals surface area contributed by atoms with Crippen LogP contribution in [0, 0.1) is 11.6 Å².